The van der Waals surface area contributed by atoms with Crippen LogP contribution < -0.4 is 4.74 Å². The lowest BCUT2D eigenvalue weighted by Gasteiger charge is -2.07. The third-order valence-electron chi connectivity index (χ3n) is 5.14. The Kier molecular flexibility index (Phi) is 6.13. The predicted octanol–water partition coefficient (Wildman–Crippen LogP) is 7.35. The Hall–Kier alpha value is -3.78. The summed E-state index contributed by atoms with van der Waals surface area (Å²) in [7, 11) is 0. The molecular formula is C27H18F4O. The molecule has 4 rings (SSSR count). The molecule has 0 saturated heterocycles. The number of aryl methyl sites for hydroxylation is 1. The Morgan fingerprint density at radius 3 is 2.25 bits per heavy atom. The summed E-state index contributed by atoms with van der Waals surface area (Å²) in [6.45, 7) is -1.02. The number of rotatable bonds is 4. The van der Waals surface area contributed by atoms with E-state index >= 15 is 4.39 Å². The van der Waals surface area contributed by atoms with E-state index in [4.69, 9.17) is 0 Å². The molecule has 1 nitrogen and oxygen atoms in total. The lowest BCUT2D eigenvalue weighted by Crippen LogP contribution is -2.03. The molecule has 0 spiro atoms. The van der Waals surface area contributed by atoms with Crippen molar-refractivity contribution in [1.82, 2.24) is 0 Å². The van der Waals surface area contributed by atoms with Crippen LogP contribution in [-0.4, -0.2) is 6.61 Å². The molecular weight excluding hydrogens is 416 g/mol. The van der Waals surface area contributed by atoms with Gasteiger partial charge in [0, 0.05) is 10.9 Å². The highest BCUT2D eigenvalue weighted by Crippen LogP contribution is 2.28. The van der Waals surface area contributed by atoms with Gasteiger partial charge in [0.1, 0.15) is 5.82 Å². The first-order chi connectivity index (χ1) is 15.4. The smallest absolute Gasteiger partial charge is 0.387 e. The normalized spacial score (nSPS) is 10.8. The van der Waals surface area contributed by atoms with Gasteiger partial charge < -0.3 is 4.74 Å². The van der Waals surface area contributed by atoms with Crippen molar-refractivity contribution in [1.29, 1.82) is 0 Å². The third-order valence-corrected chi connectivity index (χ3v) is 5.14. The molecule has 160 valence electrons. The summed E-state index contributed by atoms with van der Waals surface area (Å²) in [5, 5.41) is 1.17. The second kappa shape index (κ2) is 9.15. The Bertz CT molecular complexity index is 1330. The van der Waals surface area contributed by atoms with Crippen molar-refractivity contribution >= 4 is 10.8 Å². The molecule has 0 unspecified atom stereocenters. The van der Waals surface area contributed by atoms with Crippen LogP contribution in [0.5, 0.6) is 5.75 Å². The van der Waals surface area contributed by atoms with E-state index in [0.717, 1.165) is 35.1 Å². The van der Waals surface area contributed by atoms with Crippen LogP contribution >= 0.6 is 0 Å². The second-order valence-electron chi connectivity index (χ2n) is 7.19. The number of hydrogen-bond acceptors (Lipinski definition) is 1. The second-order valence-corrected chi connectivity index (χ2v) is 7.19. The van der Waals surface area contributed by atoms with Gasteiger partial charge in [0.2, 0.25) is 0 Å². The van der Waals surface area contributed by atoms with Gasteiger partial charge in [-0.3, -0.25) is 0 Å². The lowest BCUT2D eigenvalue weighted by atomic mass is 9.98. The van der Waals surface area contributed by atoms with Gasteiger partial charge in [-0.1, -0.05) is 61.2 Å². The van der Waals surface area contributed by atoms with Gasteiger partial charge in [0.05, 0.1) is 5.56 Å². The van der Waals surface area contributed by atoms with Gasteiger partial charge in [0.15, 0.2) is 11.6 Å². The molecule has 0 aliphatic rings. The number of ether oxygens (including phenoxy) is 1. The summed E-state index contributed by atoms with van der Waals surface area (Å²) in [5.74, 6) is 3.35. The minimum Gasteiger partial charge on any atom is -0.432 e. The van der Waals surface area contributed by atoms with Crippen molar-refractivity contribution in [3.63, 3.8) is 0 Å². The Morgan fingerprint density at radius 1 is 0.812 bits per heavy atom. The van der Waals surface area contributed by atoms with Crippen molar-refractivity contribution in [2.24, 2.45) is 0 Å². The molecule has 0 amide bonds. The molecule has 0 radical (unpaired) electrons. The zero-order chi connectivity index (χ0) is 22.7. The molecule has 0 aliphatic heterocycles. The monoisotopic (exact) mass is 434 g/mol. The van der Waals surface area contributed by atoms with Crippen LogP contribution in [0, 0.1) is 23.5 Å². The maximum atomic E-state index is 15.0. The topological polar surface area (TPSA) is 9.23 Å². The summed E-state index contributed by atoms with van der Waals surface area (Å²) in [5.41, 5.74) is 3.66. The van der Waals surface area contributed by atoms with Gasteiger partial charge in [-0.2, -0.15) is 8.78 Å². The standard InChI is InChI=1S/C27H18F4O/c1-2-17-3-7-19(8-4-17)21-12-13-23-22(16-21)11-10-20(26(23)29)9-5-18-6-14-25(24(28)15-18)32-27(30)31/h3-4,6-8,10-16,27H,2H2,1H3. The molecule has 4 aromatic carbocycles. The number of benzene rings is 4. The van der Waals surface area contributed by atoms with E-state index in [1.165, 1.54) is 11.6 Å². The van der Waals surface area contributed by atoms with Gasteiger partial charge in [-0.05, 0) is 58.8 Å². The van der Waals surface area contributed by atoms with Crippen LogP contribution in [0.2, 0.25) is 0 Å². The fourth-order valence-electron chi connectivity index (χ4n) is 3.41. The van der Waals surface area contributed by atoms with E-state index in [0.29, 0.717) is 5.39 Å². The Morgan fingerprint density at radius 2 is 1.56 bits per heavy atom. The summed E-state index contributed by atoms with van der Waals surface area (Å²) in [6, 6.07) is 20.5. The Labute approximate surface area is 183 Å². The van der Waals surface area contributed by atoms with Crippen LogP contribution in [0.3, 0.4) is 0 Å². The SMILES string of the molecule is CCc1ccc(-c2ccc3c(F)c(C#Cc4ccc(OC(F)F)c(F)c4)ccc3c2)cc1. The van der Waals surface area contributed by atoms with Crippen LogP contribution in [0.15, 0.2) is 72.8 Å². The minimum absolute atomic E-state index is 0.158. The Balaban J connectivity index is 1.62. The maximum Gasteiger partial charge on any atom is 0.387 e. The molecule has 0 heterocycles. The number of alkyl halides is 2. The lowest BCUT2D eigenvalue weighted by molar-refractivity contribution is -0.0521. The molecule has 4 aromatic rings. The van der Waals surface area contributed by atoms with Crippen molar-refractivity contribution in [2.75, 3.05) is 0 Å². The quantitative estimate of drug-likeness (QED) is 0.241. The summed E-state index contributed by atoms with van der Waals surface area (Å²) in [6.07, 6.45) is 0.966. The molecule has 0 fully saturated rings. The van der Waals surface area contributed by atoms with Crippen molar-refractivity contribution in [2.45, 2.75) is 20.0 Å². The van der Waals surface area contributed by atoms with E-state index in [2.05, 4.69) is 35.6 Å². The van der Waals surface area contributed by atoms with E-state index in [-0.39, 0.29) is 11.1 Å². The summed E-state index contributed by atoms with van der Waals surface area (Å²) in [4.78, 5) is 0. The van der Waals surface area contributed by atoms with Crippen LogP contribution in [-0.2, 0) is 6.42 Å². The molecule has 0 aromatic heterocycles. The van der Waals surface area contributed by atoms with Gasteiger partial charge in [-0.15, -0.1) is 0 Å². The maximum absolute atomic E-state index is 15.0. The average Bonchev–Trinajstić information content (AvgIpc) is 2.80. The fraction of sp³-hybridized carbons (Fsp3) is 0.111. The van der Waals surface area contributed by atoms with Crippen molar-refractivity contribution in [3.8, 4) is 28.7 Å². The van der Waals surface area contributed by atoms with Crippen molar-refractivity contribution < 1.29 is 22.3 Å². The number of hydrogen-bond donors (Lipinski definition) is 0. The third kappa shape index (κ3) is 4.60. The highest BCUT2D eigenvalue weighted by Gasteiger charge is 2.10. The van der Waals surface area contributed by atoms with Crippen molar-refractivity contribution in [3.05, 3.63) is 101 Å². The minimum atomic E-state index is -3.12. The van der Waals surface area contributed by atoms with E-state index in [9.17, 15) is 13.2 Å². The first kappa shape index (κ1) is 21.5. The zero-order valence-corrected chi connectivity index (χ0v) is 17.1. The van der Waals surface area contributed by atoms with Gasteiger partial charge >= 0.3 is 6.61 Å². The number of halogens is 4. The highest BCUT2D eigenvalue weighted by atomic mass is 19.3. The molecule has 32 heavy (non-hydrogen) atoms. The largest absolute Gasteiger partial charge is 0.432 e. The number of fused-ring (bicyclic) bond motifs is 1. The van der Waals surface area contributed by atoms with Gasteiger partial charge in [-0.25, -0.2) is 8.78 Å². The summed E-state index contributed by atoms with van der Waals surface area (Å²) >= 11 is 0. The van der Waals surface area contributed by atoms with E-state index in [1.54, 1.807) is 18.2 Å². The first-order valence-electron chi connectivity index (χ1n) is 10.0. The van der Waals surface area contributed by atoms with Crippen LogP contribution in [0.1, 0.15) is 23.6 Å². The van der Waals surface area contributed by atoms with Gasteiger partial charge in [0.25, 0.3) is 0 Å². The molecule has 0 saturated carbocycles. The zero-order valence-electron chi connectivity index (χ0n) is 17.1. The molecule has 0 bridgehead atoms. The van der Waals surface area contributed by atoms with Crippen LogP contribution in [0.4, 0.5) is 17.6 Å². The molecule has 0 aliphatic carbocycles. The fourth-order valence-corrected chi connectivity index (χ4v) is 3.41. The van der Waals surface area contributed by atoms with E-state index in [1.807, 2.05) is 24.3 Å². The molecule has 0 N–H and O–H groups in total. The highest BCUT2D eigenvalue weighted by molar-refractivity contribution is 5.89. The van der Waals surface area contributed by atoms with Crippen LogP contribution in [0.25, 0.3) is 21.9 Å². The molecule has 5 heteroatoms. The predicted molar refractivity (Wildman–Crippen MR) is 118 cm³/mol. The van der Waals surface area contributed by atoms with E-state index < -0.39 is 24.0 Å². The molecule has 0 atom stereocenters. The average molecular weight is 434 g/mol. The summed E-state index contributed by atoms with van der Waals surface area (Å²) < 4.78 is 57.4. The first-order valence-corrected chi connectivity index (χ1v) is 10.0.